The molecular weight excluding hydrogens is 568 g/mol. The quantitative estimate of drug-likeness (QED) is 0.195. The van der Waals surface area contributed by atoms with E-state index in [-0.39, 0.29) is 27.6 Å². The fourth-order valence-electron chi connectivity index (χ4n) is 3.19. The van der Waals surface area contributed by atoms with Crippen molar-refractivity contribution in [1.82, 2.24) is 9.66 Å². The zero-order valence-electron chi connectivity index (χ0n) is 22.8. The number of carbonyl (C=O) groups is 2. The third-order valence-electron chi connectivity index (χ3n) is 5.52. The molecule has 14 heteroatoms. The van der Waals surface area contributed by atoms with Crippen LogP contribution in [0, 0.1) is 13.8 Å². The number of aryl methyl sites for hydroxylation is 2. The number of hydrazone groups is 2. The smallest absolute Gasteiger partial charge is 0.276 e. The molecule has 0 radical (unpaired) electrons. The van der Waals surface area contributed by atoms with Crippen molar-refractivity contribution >= 4 is 54.7 Å². The first kappa shape index (κ1) is 31.0. The predicted molar refractivity (Wildman–Crippen MR) is 158 cm³/mol. The summed E-state index contributed by atoms with van der Waals surface area (Å²) in [5.74, 6) is -1.06. The van der Waals surface area contributed by atoms with Crippen molar-refractivity contribution in [2.75, 3.05) is 10.6 Å². The first-order valence-electron chi connectivity index (χ1n) is 12.2. The molecule has 0 aliphatic heterocycles. The summed E-state index contributed by atoms with van der Waals surface area (Å²) in [5, 5.41) is 12.7. The van der Waals surface area contributed by atoms with Gasteiger partial charge in [0.2, 0.25) is 5.91 Å². The monoisotopic (exact) mass is 598 g/mol. The Morgan fingerprint density at radius 2 is 1.05 bits per heavy atom. The van der Waals surface area contributed by atoms with Gasteiger partial charge in [0, 0.05) is 17.1 Å². The molecule has 0 saturated carbocycles. The van der Waals surface area contributed by atoms with Gasteiger partial charge in [0.15, 0.2) is 0 Å². The SMILES string of the molecule is C/C(CC(=O)Nc1ccc(NC(=O)/C(C)=N/NS(=O)(=O)c2ccc(C)cc2)cc1)=N/NS(=O)(=O)c1ccc(C)cc1. The number of benzene rings is 3. The second-order valence-corrected chi connectivity index (χ2v) is 12.4. The predicted octanol–water partition coefficient (Wildman–Crippen LogP) is 3.28. The first-order chi connectivity index (χ1) is 19.2. The van der Waals surface area contributed by atoms with Gasteiger partial charge in [0.1, 0.15) is 5.71 Å². The van der Waals surface area contributed by atoms with Crippen molar-refractivity contribution < 1.29 is 26.4 Å². The van der Waals surface area contributed by atoms with E-state index in [1.165, 1.54) is 50.2 Å². The third-order valence-corrected chi connectivity index (χ3v) is 7.97. The summed E-state index contributed by atoms with van der Waals surface area (Å²) in [6.45, 7) is 6.54. The lowest BCUT2D eigenvalue weighted by Gasteiger charge is -2.09. The topological polar surface area (TPSA) is 175 Å². The lowest BCUT2D eigenvalue weighted by molar-refractivity contribution is -0.115. The van der Waals surface area contributed by atoms with Crippen LogP contribution in [0.3, 0.4) is 0 Å². The molecule has 3 aromatic rings. The number of hydrogen-bond acceptors (Lipinski definition) is 8. The largest absolute Gasteiger partial charge is 0.326 e. The van der Waals surface area contributed by atoms with Crippen molar-refractivity contribution in [2.24, 2.45) is 10.2 Å². The van der Waals surface area contributed by atoms with E-state index in [1.807, 2.05) is 18.7 Å². The molecule has 0 spiro atoms. The summed E-state index contributed by atoms with van der Waals surface area (Å²) in [6.07, 6.45) is -0.164. The maximum atomic E-state index is 12.4. The highest BCUT2D eigenvalue weighted by atomic mass is 32.2. The Morgan fingerprint density at radius 1 is 0.634 bits per heavy atom. The molecule has 0 unspecified atom stereocenters. The highest BCUT2D eigenvalue weighted by molar-refractivity contribution is 7.89. The lowest BCUT2D eigenvalue weighted by Crippen LogP contribution is -2.26. The van der Waals surface area contributed by atoms with Crippen molar-refractivity contribution in [3.8, 4) is 0 Å². The maximum Gasteiger partial charge on any atom is 0.276 e. The minimum Gasteiger partial charge on any atom is -0.326 e. The van der Waals surface area contributed by atoms with E-state index in [2.05, 4.69) is 25.7 Å². The van der Waals surface area contributed by atoms with Gasteiger partial charge in [-0.1, -0.05) is 35.4 Å². The van der Waals surface area contributed by atoms with E-state index in [4.69, 9.17) is 0 Å². The minimum absolute atomic E-state index is 0.0164. The van der Waals surface area contributed by atoms with Crippen LogP contribution in [0.2, 0.25) is 0 Å². The summed E-state index contributed by atoms with van der Waals surface area (Å²) >= 11 is 0. The zero-order valence-corrected chi connectivity index (χ0v) is 24.4. The number of anilines is 2. The maximum absolute atomic E-state index is 12.4. The highest BCUT2D eigenvalue weighted by Gasteiger charge is 2.15. The Balaban J connectivity index is 1.51. The fraction of sp³-hybridized carbons (Fsp3) is 0.185. The molecule has 0 heterocycles. The molecule has 2 amide bonds. The number of rotatable bonds is 11. The number of hydrogen-bond donors (Lipinski definition) is 4. The van der Waals surface area contributed by atoms with Gasteiger partial charge < -0.3 is 10.6 Å². The minimum atomic E-state index is -3.93. The second-order valence-electron chi connectivity index (χ2n) is 9.12. The van der Waals surface area contributed by atoms with E-state index in [9.17, 15) is 26.4 Å². The molecule has 0 aliphatic rings. The van der Waals surface area contributed by atoms with Crippen LogP contribution in [0.25, 0.3) is 0 Å². The standard InChI is InChI=1S/C27H30N6O6S2/c1-18-5-13-24(14-6-18)40(36,37)32-30-20(3)17-26(34)28-22-9-11-23(12-10-22)29-27(35)21(4)31-33-41(38,39)25-15-7-19(2)8-16-25/h5-16,32-33H,17H2,1-4H3,(H,28,34)(H,29,35)/b30-20-,31-21+. The van der Waals surface area contributed by atoms with Gasteiger partial charge in [-0.05, 0) is 76.2 Å². The van der Waals surface area contributed by atoms with E-state index in [0.29, 0.717) is 11.4 Å². The second kappa shape index (κ2) is 13.2. The average Bonchev–Trinajstić information content (AvgIpc) is 2.92. The van der Waals surface area contributed by atoms with Crippen LogP contribution in [0.1, 0.15) is 31.4 Å². The molecule has 0 aliphatic carbocycles. The Morgan fingerprint density at radius 3 is 1.51 bits per heavy atom. The Bertz CT molecular complexity index is 1680. The fourth-order valence-corrected chi connectivity index (χ4v) is 4.93. The molecule has 3 rings (SSSR count). The number of nitrogens with one attached hydrogen (secondary N) is 4. The van der Waals surface area contributed by atoms with E-state index in [1.54, 1.807) is 36.4 Å². The molecule has 0 fully saturated rings. The van der Waals surface area contributed by atoms with Crippen LogP contribution >= 0.6 is 0 Å². The van der Waals surface area contributed by atoms with Gasteiger partial charge >= 0.3 is 0 Å². The Hall–Kier alpha value is -4.56. The molecule has 3 aromatic carbocycles. The Kier molecular flexibility index (Phi) is 9.97. The van der Waals surface area contributed by atoms with Crippen LogP contribution in [-0.4, -0.2) is 40.1 Å². The number of nitrogens with zero attached hydrogens (tertiary/aromatic N) is 2. The van der Waals surface area contributed by atoms with Gasteiger partial charge in [-0.3, -0.25) is 9.59 Å². The van der Waals surface area contributed by atoms with Crippen LogP contribution < -0.4 is 20.3 Å². The van der Waals surface area contributed by atoms with Gasteiger partial charge in [-0.2, -0.15) is 31.9 Å². The highest BCUT2D eigenvalue weighted by Crippen LogP contribution is 2.15. The zero-order chi connectivity index (χ0) is 30.2. The molecule has 0 atom stereocenters. The number of amides is 2. The van der Waals surface area contributed by atoms with E-state index in [0.717, 1.165) is 11.1 Å². The number of sulfonamides is 2. The molecule has 0 aromatic heterocycles. The van der Waals surface area contributed by atoms with Gasteiger partial charge in [0.25, 0.3) is 26.0 Å². The van der Waals surface area contributed by atoms with Crippen molar-refractivity contribution in [3.05, 3.63) is 83.9 Å². The summed E-state index contributed by atoms with van der Waals surface area (Å²) in [6, 6.07) is 18.6. The lowest BCUT2D eigenvalue weighted by atomic mass is 10.2. The summed E-state index contributed by atoms with van der Waals surface area (Å²) in [5.41, 5.74) is 2.75. The van der Waals surface area contributed by atoms with Crippen molar-refractivity contribution in [2.45, 2.75) is 43.9 Å². The van der Waals surface area contributed by atoms with Crippen LogP contribution in [0.5, 0.6) is 0 Å². The normalized spacial score (nSPS) is 12.4. The van der Waals surface area contributed by atoms with Crippen LogP contribution in [0.4, 0.5) is 11.4 Å². The molecular formula is C27H30N6O6S2. The van der Waals surface area contributed by atoms with Gasteiger partial charge in [-0.15, -0.1) is 0 Å². The van der Waals surface area contributed by atoms with Gasteiger partial charge in [-0.25, -0.2) is 4.83 Å². The first-order valence-corrected chi connectivity index (χ1v) is 15.2. The molecule has 216 valence electrons. The van der Waals surface area contributed by atoms with Crippen LogP contribution in [0.15, 0.2) is 92.8 Å². The van der Waals surface area contributed by atoms with Crippen molar-refractivity contribution in [3.63, 3.8) is 0 Å². The molecule has 4 N–H and O–H groups in total. The molecule has 0 saturated heterocycles. The van der Waals surface area contributed by atoms with E-state index < -0.39 is 31.9 Å². The summed E-state index contributed by atoms with van der Waals surface area (Å²) < 4.78 is 49.4. The summed E-state index contributed by atoms with van der Waals surface area (Å²) in [7, 11) is -7.79. The molecule has 0 bridgehead atoms. The van der Waals surface area contributed by atoms with E-state index >= 15 is 0 Å². The molecule has 12 nitrogen and oxygen atoms in total. The van der Waals surface area contributed by atoms with Gasteiger partial charge in [0.05, 0.1) is 16.2 Å². The number of carbonyl (C=O) groups excluding carboxylic acids is 2. The molecule has 41 heavy (non-hydrogen) atoms. The third kappa shape index (κ3) is 9.25. The summed E-state index contributed by atoms with van der Waals surface area (Å²) in [4.78, 5) is 29.0. The van der Waals surface area contributed by atoms with Crippen LogP contribution in [-0.2, 0) is 29.6 Å². The Labute approximate surface area is 239 Å². The van der Waals surface area contributed by atoms with Crippen molar-refractivity contribution in [1.29, 1.82) is 0 Å². The average molecular weight is 599 g/mol.